The fraction of sp³-hybridized carbons (Fsp3) is 0.444. The number of alkyl carbamates (subject to hydrolysis) is 1. The van der Waals surface area contributed by atoms with Crippen molar-refractivity contribution in [2.75, 3.05) is 0 Å². The second-order valence-corrected chi connectivity index (χ2v) is 7.37. The summed E-state index contributed by atoms with van der Waals surface area (Å²) in [5.74, 6) is -0.312. The number of nitrogens with zero attached hydrogens (tertiary/aromatic N) is 3. The largest absolute Gasteiger partial charge is 0.444 e. The van der Waals surface area contributed by atoms with Gasteiger partial charge in [-0.3, -0.25) is 4.79 Å². The van der Waals surface area contributed by atoms with E-state index in [4.69, 9.17) is 16.3 Å². The Hall–Kier alpha value is -2.61. The van der Waals surface area contributed by atoms with Gasteiger partial charge in [0.25, 0.3) is 0 Å². The van der Waals surface area contributed by atoms with E-state index in [2.05, 4.69) is 20.7 Å². The summed E-state index contributed by atoms with van der Waals surface area (Å²) in [6.45, 7) is 7.32. The summed E-state index contributed by atoms with van der Waals surface area (Å²) in [5.41, 5.74) is 0.894. The van der Waals surface area contributed by atoms with E-state index in [1.165, 1.54) is 6.33 Å². The maximum absolute atomic E-state index is 12.5. The van der Waals surface area contributed by atoms with E-state index in [0.717, 1.165) is 11.3 Å². The molecule has 0 bridgehead atoms. The highest BCUT2D eigenvalue weighted by atomic mass is 35.5. The Morgan fingerprint density at radius 3 is 2.67 bits per heavy atom. The second kappa shape index (κ2) is 8.85. The number of carbonyl (C=O) groups is 2. The first-order valence-corrected chi connectivity index (χ1v) is 8.98. The van der Waals surface area contributed by atoms with Crippen molar-refractivity contribution < 1.29 is 14.3 Å². The number of nitrogens with one attached hydrogen (secondary N) is 2. The molecule has 2 amide bonds. The molecule has 1 heterocycles. The van der Waals surface area contributed by atoms with Crippen molar-refractivity contribution in [3.8, 4) is 5.69 Å². The fourth-order valence-electron chi connectivity index (χ4n) is 2.36. The normalized spacial score (nSPS) is 12.3. The number of hydrogen-bond acceptors (Lipinski definition) is 5. The van der Waals surface area contributed by atoms with Gasteiger partial charge in [0.2, 0.25) is 5.91 Å². The van der Waals surface area contributed by atoms with Crippen LogP contribution in [0.4, 0.5) is 4.79 Å². The van der Waals surface area contributed by atoms with Crippen LogP contribution in [0.2, 0.25) is 5.02 Å². The van der Waals surface area contributed by atoms with Crippen molar-refractivity contribution in [3.63, 3.8) is 0 Å². The SMILES string of the molecule is CCC(NC(=O)OC(C)(C)C)C(=O)NCc1cc(Cl)ccc1-n1cncn1. The van der Waals surface area contributed by atoms with E-state index in [1.807, 2.05) is 6.92 Å². The number of rotatable bonds is 6. The summed E-state index contributed by atoms with van der Waals surface area (Å²) >= 11 is 6.08. The average molecular weight is 394 g/mol. The molecule has 9 heteroatoms. The predicted molar refractivity (Wildman–Crippen MR) is 102 cm³/mol. The molecule has 0 aliphatic carbocycles. The lowest BCUT2D eigenvalue weighted by Crippen LogP contribution is -2.47. The summed E-state index contributed by atoms with van der Waals surface area (Å²) in [5, 5.41) is 10.1. The van der Waals surface area contributed by atoms with Crippen molar-refractivity contribution in [1.82, 2.24) is 25.4 Å². The van der Waals surface area contributed by atoms with Gasteiger partial charge in [-0.2, -0.15) is 5.10 Å². The highest BCUT2D eigenvalue weighted by Crippen LogP contribution is 2.19. The number of benzene rings is 1. The van der Waals surface area contributed by atoms with Crippen LogP contribution in [0.5, 0.6) is 0 Å². The van der Waals surface area contributed by atoms with E-state index < -0.39 is 17.7 Å². The third-order valence-corrected chi connectivity index (χ3v) is 3.81. The van der Waals surface area contributed by atoms with Crippen molar-refractivity contribution in [2.45, 2.75) is 52.3 Å². The van der Waals surface area contributed by atoms with Crippen LogP contribution in [-0.4, -0.2) is 38.4 Å². The van der Waals surface area contributed by atoms with Crippen LogP contribution in [0, 0.1) is 0 Å². The van der Waals surface area contributed by atoms with E-state index in [0.29, 0.717) is 11.4 Å². The van der Waals surface area contributed by atoms with E-state index in [-0.39, 0.29) is 12.5 Å². The van der Waals surface area contributed by atoms with Crippen LogP contribution in [0.3, 0.4) is 0 Å². The summed E-state index contributed by atoms with van der Waals surface area (Å²) in [7, 11) is 0. The molecular weight excluding hydrogens is 370 g/mol. The van der Waals surface area contributed by atoms with Crippen molar-refractivity contribution in [3.05, 3.63) is 41.4 Å². The number of halogens is 1. The highest BCUT2D eigenvalue weighted by molar-refractivity contribution is 6.30. The molecule has 27 heavy (non-hydrogen) atoms. The van der Waals surface area contributed by atoms with E-state index in [9.17, 15) is 9.59 Å². The summed E-state index contributed by atoms with van der Waals surface area (Å²) < 4.78 is 6.79. The first-order valence-electron chi connectivity index (χ1n) is 8.60. The first kappa shape index (κ1) is 20.7. The molecule has 2 aromatic rings. The predicted octanol–water partition coefficient (Wildman–Crippen LogP) is 2.84. The molecule has 146 valence electrons. The summed E-state index contributed by atoms with van der Waals surface area (Å²) in [6.07, 6.45) is 2.79. The standard InChI is InChI=1S/C18H24ClN5O3/c1-5-14(23-17(26)27-18(2,3)4)16(25)21-9-12-8-13(19)6-7-15(12)24-11-20-10-22-24/h6-8,10-11,14H,5,9H2,1-4H3,(H,21,25)(H,23,26). The third-order valence-electron chi connectivity index (χ3n) is 3.58. The quantitative estimate of drug-likeness (QED) is 0.786. The van der Waals surface area contributed by atoms with Gasteiger partial charge in [-0.1, -0.05) is 18.5 Å². The van der Waals surface area contributed by atoms with Gasteiger partial charge in [0.1, 0.15) is 24.3 Å². The minimum Gasteiger partial charge on any atom is -0.444 e. The monoisotopic (exact) mass is 393 g/mol. The van der Waals surface area contributed by atoms with E-state index >= 15 is 0 Å². The van der Waals surface area contributed by atoms with Crippen molar-refractivity contribution in [1.29, 1.82) is 0 Å². The molecule has 0 aliphatic rings. The van der Waals surface area contributed by atoms with Crippen molar-refractivity contribution >= 4 is 23.6 Å². The molecule has 0 aliphatic heterocycles. The number of ether oxygens (including phenoxy) is 1. The summed E-state index contributed by atoms with van der Waals surface area (Å²) in [6, 6.07) is 4.59. The topological polar surface area (TPSA) is 98.1 Å². The second-order valence-electron chi connectivity index (χ2n) is 6.94. The van der Waals surface area contributed by atoms with Gasteiger partial charge in [0, 0.05) is 11.6 Å². The Balaban J connectivity index is 2.04. The lowest BCUT2D eigenvalue weighted by Gasteiger charge is -2.23. The summed E-state index contributed by atoms with van der Waals surface area (Å²) in [4.78, 5) is 28.3. The molecule has 0 spiro atoms. The molecule has 1 aromatic heterocycles. The third kappa shape index (κ3) is 6.25. The number of amides is 2. The van der Waals surface area contributed by atoms with Gasteiger partial charge >= 0.3 is 6.09 Å². The molecule has 1 atom stereocenters. The maximum Gasteiger partial charge on any atom is 0.408 e. The van der Waals surface area contributed by atoms with Crippen LogP contribution < -0.4 is 10.6 Å². The molecular formula is C18H24ClN5O3. The Morgan fingerprint density at radius 2 is 2.07 bits per heavy atom. The van der Waals surface area contributed by atoms with Crippen LogP contribution in [0.1, 0.15) is 39.7 Å². The van der Waals surface area contributed by atoms with Crippen LogP contribution >= 0.6 is 11.6 Å². The van der Waals surface area contributed by atoms with Crippen LogP contribution in [0.25, 0.3) is 5.69 Å². The van der Waals surface area contributed by atoms with E-state index in [1.54, 1.807) is 50.0 Å². The van der Waals surface area contributed by atoms with Gasteiger partial charge < -0.3 is 15.4 Å². The van der Waals surface area contributed by atoms with Gasteiger partial charge in [-0.15, -0.1) is 0 Å². The molecule has 2 rings (SSSR count). The number of hydrogen-bond donors (Lipinski definition) is 2. The Bertz CT molecular complexity index is 787. The molecule has 1 unspecified atom stereocenters. The molecule has 1 aromatic carbocycles. The Morgan fingerprint density at radius 1 is 1.33 bits per heavy atom. The number of carbonyl (C=O) groups excluding carboxylic acids is 2. The maximum atomic E-state index is 12.5. The van der Waals surface area contributed by atoms with Gasteiger partial charge in [0.15, 0.2) is 0 Å². The first-order chi connectivity index (χ1) is 12.7. The Labute approximate surface area is 163 Å². The molecule has 2 N–H and O–H groups in total. The molecule has 0 fully saturated rings. The smallest absolute Gasteiger partial charge is 0.408 e. The molecule has 0 saturated carbocycles. The van der Waals surface area contributed by atoms with Crippen molar-refractivity contribution in [2.24, 2.45) is 0 Å². The lowest BCUT2D eigenvalue weighted by molar-refractivity contribution is -0.123. The molecule has 8 nitrogen and oxygen atoms in total. The molecule has 0 saturated heterocycles. The lowest BCUT2D eigenvalue weighted by atomic mass is 10.1. The minimum atomic E-state index is -0.700. The average Bonchev–Trinajstić information content (AvgIpc) is 3.10. The number of aromatic nitrogens is 3. The van der Waals surface area contributed by atoms with Gasteiger partial charge in [0.05, 0.1) is 5.69 Å². The van der Waals surface area contributed by atoms with Crippen LogP contribution in [0.15, 0.2) is 30.9 Å². The zero-order valence-electron chi connectivity index (χ0n) is 15.8. The fourth-order valence-corrected chi connectivity index (χ4v) is 2.55. The zero-order chi connectivity index (χ0) is 20.0. The molecule has 0 radical (unpaired) electrons. The van der Waals surface area contributed by atoms with Gasteiger partial charge in [-0.05, 0) is 51.0 Å². The highest BCUT2D eigenvalue weighted by Gasteiger charge is 2.23. The minimum absolute atomic E-state index is 0.223. The van der Waals surface area contributed by atoms with Crippen LogP contribution in [-0.2, 0) is 16.1 Å². The van der Waals surface area contributed by atoms with Gasteiger partial charge in [-0.25, -0.2) is 14.5 Å². The zero-order valence-corrected chi connectivity index (χ0v) is 16.6. The Kier molecular flexibility index (Phi) is 6.79.